The zero-order valence-electron chi connectivity index (χ0n) is 64.2. The summed E-state index contributed by atoms with van der Waals surface area (Å²) in [5.74, 6) is -30.4. The van der Waals surface area contributed by atoms with Crippen LogP contribution in [-0.2, 0) is 102 Å². The average molecular weight is 1620 g/mol. The zero-order valence-corrected chi connectivity index (χ0v) is 64.2. The van der Waals surface area contributed by atoms with E-state index >= 15 is 0 Å². The third kappa shape index (κ3) is 31.8. The molecular weight excluding hydrogens is 1520 g/mol. The quantitative estimate of drug-likeness (QED) is 0.0116. The number of para-hydroxylation sites is 2. The predicted molar refractivity (Wildman–Crippen MR) is 401 cm³/mol. The van der Waals surface area contributed by atoms with Crippen molar-refractivity contribution in [2.24, 2.45) is 17.6 Å². The van der Waals surface area contributed by atoms with Crippen molar-refractivity contribution in [3.63, 3.8) is 0 Å². The number of nitrogen functional groups attached to an aromatic ring is 1. The SMILES string of the molecule is CCCCCCCCCC(=O)N[C@@H](Cc1c[nH]c2ccccc12)C(=O)N[C@@H](CC(N)=O)C(=O)N[C@@H](CC(=O)O)C(=O)N[C@@H]1C(=O)NCC(=O)N[C@@H]([C@@H](C)CC)C(=O)N[C@@H](CC(=O)O)C(=O)N[C@H](C)C(=O)N[C@@H](CC(=O)O)C(=O)NCC(=O)N[C@H](CO)C(=O)N[C@@H]([C@@H](C)CC(=O)O)C(=O)N[C@@H](CC(=O)c2ccccc2N)C(=O)O[C@@H]1C. The van der Waals surface area contributed by atoms with Crippen molar-refractivity contribution >= 4 is 135 Å². The van der Waals surface area contributed by atoms with E-state index < -0.39 is 261 Å². The Hall–Kier alpha value is -12.7. The molecule has 3 aromatic rings. The first kappa shape index (κ1) is 94.7. The van der Waals surface area contributed by atoms with Gasteiger partial charge in [0.05, 0.1) is 51.8 Å². The van der Waals surface area contributed by atoms with Crippen LogP contribution in [0.4, 0.5) is 5.69 Å². The number of Topliss-reactive ketones (excluding diaryl/α,β-unsaturated/α-hetero) is 1. The lowest BCUT2D eigenvalue weighted by Crippen LogP contribution is -2.62. The number of carbonyl (C=O) groups is 20. The summed E-state index contributed by atoms with van der Waals surface area (Å²) in [5, 5.41) is 78.9. The van der Waals surface area contributed by atoms with E-state index in [0.29, 0.717) is 29.3 Å². The summed E-state index contributed by atoms with van der Waals surface area (Å²) in [7, 11) is 0. The molecule has 14 amide bonds. The van der Waals surface area contributed by atoms with Crippen LogP contribution >= 0.6 is 0 Å². The smallest absolute Gasteiger partial charge is 0.329 e. The first-order valence-electron chi connectivity index (χ1n) is 37.0. The van der Waals surface area contributed by atoms with Crippen molar-refractivity contribution in [1.29, 1.82) is 0 Å². The Labute approximate surface area is 658 Å². The molecule has 1 saturated heterocycles. The second kappa shape index (κ2) is 47.0. The number of aromatic amines is 1. The van der Waals surface area contributed by atoms with Crippen LogP contribution < -0.4 is 80.6 Å². The Morgan fingerprint density at radius 1 is 0.530 bits per heavy atom. The molecule has 0 radical (unpaired) electrons. The first-order chi connectivity index (χ1) is 54.3. The maximum Gasteiger partial charge on any atom is 0.329 e. The van der Waals surface area contributed by atoms with E-state index in [0.717, 1.165) is 52.9 Å². The highest BCUT2D eigenvalue weighted by Gasteiger charge is 2.41. The van der Waals surface area contributed by atoms with Gasteiger partial charge in [0.25, 0.3) is 0 Å². The maximum atomic E-state index is 14.9. The van der Waals surface area contributed by atoms with Gasteiger partial charge in [0.2, 0.25) is 82.7 Å². The molecule has 42 heteroatoms. The number of aromatic nitrogens is 1. The number of esters is 1. The molecule has 630 valence electrons. The standard InChI is InChI=1S/C73H102N16O26/c1-7-9-10-11-12-13-14-23-53(93)80-44(25-39-31-76-43-22-18-16-19-40(39)43)66(107)83-45(27-52(75)92)67(108)84-48(30-59(102)103)68(109)89-62-38(6)115-73(114)49(26-51(91)41-20-15-17-21-42(41)74)86-72(113)61(36(4)24-56(96)97)88-69(110)50(34-90)81-54(94)32-77-64(105)46(28-57(98)99)82-63(104)37(5)79-65(106)47(29-58(100)101)85-71(112)60(35(3)8-2)87-55(95)33-78-70(62)111/h15-22,31,35-38,44-50,60-62,76,90H,7-14,23-30,32-34,74H2,1-6H3,(H2,75,92)(H,77,105)(H,78,111)(H,79,106)(H,80,93)(H,81,94)(H,82,104)(H,83,107)(H,84,108)(H,85,112)(H,86,113)(H,87,95)(H,88,110)(H,89,109)(H,96,97)(H,98,99)(H,100,101)(H,102,103)/t35-,36-,37+,38+,44-,45-,46-,47-,48-,49-,50+,60-,61-,62-/m0/s1. The molecule has 1 fully saturated rings. The maximum absolute atomic E-state index is 14.9. The fourth-order valence-electron chi connectivity index (χ4n) is 11.8. The Morgan fingerprint density at radius 2 is 1.06 bits per heavy atom. The Balaban J connectivity index is 1.88. The van der Waals surface area contributed by atoms with E-state index in [-0.39, 0.29) is 30.5 Å². The van der Waals surface area contributed by atoms with E-state index in [2.05, 4.69) is 65.1 Å². The van der Waals surface area contributed by atoms with Gasteiger partial charge in [-0.1, -0.05) is 103 Å². The van der Waals surface area contributed by atoms with Gasteiger partial charge in [-0.05, 0) is 55.9 Å². The van der Waals surface area contributed by atoms with Crippen molar-refractivity contribution in [3.05, 3.63) is 65.9 Å². The number of aliphatic hydroxyl groups excluding tert-OH is 1. The molecule has 1 aromatic heterocycles. The summed E-state index contributed by atoms with van der Waals surface area (Å²) < 4.78 is 5.69. The molecule has 0 saturated carbocycles. The molecule has 0 aliphatic carbocycles. The normalized spacial score (nSPS) is 21.5. The van der Waals surface area contributed by atoms with Crippen molar-refractivity contribution in [1.82, 2.24) is 74.1 Å². The minimum atomic E-state index is -2.44. The summed E-state index contributed by atoms with van der Waals surface area (Å²) in [6.07, 6.45) is -1.72. The number of unbranched alkanes of at least 4 members (excludes halogenated alkanes) is 6. The second-order valence-corrected chi connectivity index (χ2v) is 27.6. The average Bonchev–Trinajstić information content (AvgIpc) is 1.74. The molecular formula is C73H102N16O26. The number of ether oxygens (including phenoxy) is 1. The van der Waals surface area contributed by atoms with Crippen molar-refractivity contribution in [3.8, 4) is 0 Å². The summed E-state index contributed by atoms with van der Waals surface area (Å²) in [6, 6.07) is -10.4. The molecule has 2 heterocycles. The lowest BCUT2D eigenvalue weighted by Gasteiger charge is -2.30. The number of aliphatic hydroxyl groups is 1. The van der Waals surface area contributed by atoms with Gasteiger partial charge in [0.1, 0.15) is 72.6 Å². The minimum absolute atomic E-state index is 0.0156. The van der Waals surface area contributed by atoms with Crippen molar-refractivity contribution in [2.75, 3.05) is 25.4 Å². The number of carboxylic acids is 4. The van der Waals surface area contributed by atoms with Gasteiger partial charge in [0, 0.05) is 47.6 Å². The molecule has 23 N–H and O–H groups in total. The third-order valence-electron chi connectivity index (χ3n) is 18.3. The van der Waals surface area contributed by atoms with Crippen LogP contribution in [0.1, 0.15) is 154 Å². The number of carboxylic acid groups (broad SMARTS) is 4. The fourth-order valence-corrected chi connectivity index (χ4v) is 11.8. The van der Waals surface area contributed by atoms with E-state index in [1.807, 2.05) is 16.0 Å². The number of nitrogens with one attached hydrogen (secondary N) is 14. The van der Waals surface area contributed by atoms with Crippen LogP contribution in [0.3, 0.4) is 0 Å². The molecule has 115 heavy (non-hydrogen) atoms. The number of amides is 14. The predicted octanol–water partition coefficient (Wildman–Crippen LogP) is -4.31. The zero-order chi connectivity index (χ0) is 85.9. The van der Waals surface area contributed by atoms with Crippen molar-refractivity contribution < 1.29 is 126 Å². The highest BCUT2D eigenvalue weighted by Crippen LogP contribution is 2.22. The number of hydrogen-bond acceptors (Lipinski definition) is 23. The molecule has 1 aliphatic rings. The van der Waals surface area contributed by atoms with Gasteiger partial charge in [-0.15, -0.1) is 0 Å². The lowest BCUT2D eigenvalue weighted by molar-refractivity contribution is -0.156. The number of hydrogen-bond donors (Lipinski definition) is 21. The summed E-state index contributed by atoms with van der Waals surface area (Å²) >= 11 is 0. The molecule has 14 atom stereocenters. The van der Waals surface area contributed by atoms with Gasteiger partial charge in [-0.2, -0.15) is 0 Å². The van der Waals surface area contributed by atoms with E-state index in [1.165, 1.54) is 38.1 Å². The van der Waals surface area contributed by atoms with Gasteiger partial charge >= 0.3 is 29.8 Å². The van der Waals surface area contributed by atoms with Crippen molar-refractivity contribution in [2.45, 2.75) is 217 Å². The molecule has 4 rings (SSSR count). The number of aliphatic carboxylic acids is 4. The van der Waals surface area contributed by atoms with Gasteiger partial charge in [-0.25, -0.2) is 4.79 Å². The minimum Gasteiger partial charge on any atom is -0.481 e. The van der Waals surface area contributed by atoms with Gasteiger partial charge in [-0.3, -0.25) is 91.1 Å². The van der Waals surface area contributed by atoms with E-state index in [4.69, 9.17) is 16.2 Å². The molecule has 2 aromatic carbocycles. The van der Waals surface area contributed by atoms with Crippen LogP contribution in [0.25, 0.3) is 10.9 Å². The summed E-state index contributed by atoms with van der Waals surface area (Å²) in [4.78, 5) is 277. The van der Waals surface area contributed by atoms with Crippen LogP contribution in [-0.4, -0.2) is 241 Å². The summed E-state index contributed by atoms with van der Waals surface area (Å²) in [6.45, 7) is 4.28. The Morgan fingerprint density at radius 3 is 1.65 bits per heavy atom. The Kier molecular flexibility index (Phi) is 38.7. The monoisotopic (exact) mass is 1620 g/mol. The molecule has 42 nitrogen and oxygen atoms in total. The number of fused-ring (bicyclic) bond motifs is 1. The summed E-state index contributed by atoms with van der Waals surface area (Å²) in [5.41, 5.74) is 12.4. The molecule has 0 unspecified atom stereocenters. The molecule has 1 aliphatic heterocycles. The van der Waals surface area contributed by atoms with Crippen LogP contribution in [0.15, 0.2) is 54.7 Å². The number of primary amides is 1. The van der Waals surface area contributed by atoms with Gasteiger partial charge in [0.15, 0.2) is 5.78 Å². The van der Waals surface area contributed by atoms with E-state index in [1.54, 1.807) is 30.5 Å². The third-order valence-corrected chi connectivity index (χ3v) is 18.3. The number of benzene rings is 2. The number of rotatable bonds is 34. The highest BCUT2D eigenvalue weighted by atomic mass is 16.5. The fraction of sp³-hybridized carbons (Fsp3) is 0.534. The number of anilines is 1. The lowest BCUT2D eigenvalue weighted by atomic mass is 9.96. The van der Waals surface area contributed by atoms with Crippen LogP contribution in [0.2, 0.25) is 0 Å². The number of carbonyl (C=O) groups excluding carboxylic acids is 16. The number of H-pyrrole nitrogens is 1. The number of cyclic esters (lactones) is 1. The second-order valence-electron chi connectivity index (χ2n) is 27.6. The van der Waals surface area contributed by atoms with Crippen LogP contribution in [0.5, 0.6) is 0 Å². The Bertz CT molecular complexity index is 4060. The van der Waals surface area contributed by atoms with E-state index in [9.17, 15) is 121 Å². The topological polar surface area (TPSA) is 676 Å². The number of ketones is 1. The largest absolute Gasteiger partial charge is 0.481 e. The molecule has 0 spiro atoms. The van der Waals surface area contributed by atoms with Crippen LogP contribution in [0, 0.1) is 11.8 Å². The number of nitrogens with two attached hydrogens (primary N) is 2. The first-order valence-corrected chi connectivity index (χ1v) is 37.0. The molecule has 0 bridgehead atoms. The highest BCUT2D eigenvalue weighted by molar-refractivity contribution is 6.05. The van der Waals surface area contributed by atoms with Gasteiger partial charge < -0.3 is 116 Å².